The molecule has 0 saturated carbocycles. The second kappa shape index (κ2) is 3.58. The molecule has 0 aromatic rings. The molecule has 1 saturated heterocycles. The number of hydrogen-bond acceptors (Lipinski definition) is 1. The van der Waals surface area contributed by atoms with Crippen molar-refractivity contribution < 1.29 is 31.1 Å². The maximum absolute atomic E-state index is 12.0. The van der Waals surface area contributed by atoms with Crippen LogP contribution in [-0.4, -0.2) is 37.7 Å². The Labute approximate surface area is 75.2 Å². The highest BCUT2D eigenvalue weighted by Gasteiger charge is 2.51. The summed E-state index contributed by atoms with van der Waals surface area (Å²) in [4.78, 5) is 0. The summed E-state index contributed by atoms with van der Waals surface area (Å²) in [6.07, 6.45) is -9.55. The lowest BCUT2D eigenvalue weighted by atomic mass is 10.2. The molecule has 0 aliphatic carbocycles. The molecule has 0 N–H and O–H groups in total. The first-order valence-corrected chi connectivity index (χ1v) is 3.62. The summed E-state index contributed by atoms with van der Waals surface area (Å²) in [5, 5.41) is 2.65. The molecule has 0 bridgehead atoms. The molecule has 0 spiro atoms. The van der Waals surface area contributed by atoms with Crippen molar-refractivity contribution in [2.45, 2.75) is 24.4 Å². The molecule has 83 valence electrons. The van der Waals surface area contributed by atoms with Crippen LogP contribution in [0.2, 0.25) is 0 Å². The number of morpholine rings is 1. The average Bonchev–Trinajstić information content (AvgIpc) is 2.01. The molecule has 1 heterocycles. The Hall–Kier alpha value is -0.500. The van der Waals surface area contributed by atoms with Gasteiger partial charge >= 0.3 is 12.4 Å². The molecule has 1 fully saturated rings. The van der Waals surface area contributed by atoms with Crippen molar-refractivity contribution in [1.29, 1.82) is 0 Å². The van der Waals surface area contributed by atoms with Crippen LogP contribution in [0.4, 0.5) is 26.3 Å². The number of nitrogens with zero attached hydrogens (tertiary/aromatic N) is 1. The molecule has 1 aliphatic rings. The summed E-state index contributed by atoms with van der Waals surface area (Å²) >= 11 is 0. The van der Waals surface area contributed by atoms with Crippen LogP contribution in [0.1, 0.15) is 0 Å². The van der Waals surface area contributed by atoms with Crippen molar-refractivity contribution >= 4 is 0 Å². The quantitative estimate of drug-likeness (QED) is 0.569. The molecule has 2 unspecified atom stereocenters. The van der Waals surface area contributed by atoms with E-state index < -0.39 is 37.7 Å². The number of hydrogen-bond donors (Lipinski definition) is 0. The minimum Gasteiger partial charge on any atom is -0.377 e. The highest BCUT2D eigenvalue weighted by atomic mass is 19.4. The van der Waals surface area contributed by atoms with Crippen LogP contribution < -0.4 is 5.32 Å². The first-order chi connectivity index (χ1) is 6.21. The summed E-state index contributed by atoms with van der Waals surface area (Å²) in [5.41, 5.74) is 0. The largest absolute Gasteiger partial charge is 0.407 e. The van der Waals surface area contributed by atoms with Gasteiger partial charge in [-0.3, -0.25) is 0 Å². The van der Waals surface area contributed by atoms with Crippen LogP contribution in [0.25, 0.3) is 0 Å². The first-order valence-electron chi connectivity index (χ1n) is 3.62. The van der Waals surface area contributed by atoms with Gasteiger partial charge in [0.05, 0.1) is 13.2 Å². The number of alkyl halides is 6. The fourth-order valence-corrected chi connectivity index (χ4v) is 0.953. The van der Waals surface area contributed by atoms with Gasteiger partial charge in [0.25, 0.3) is 0 Å². The van der Waals surface area contributed by atoms with Crippen LogP contribution in [0.5, 0.6) is 0 Å². The Bertz CT molecular complexity index is 179. The zero-order valence-corrected chi connectivity index (χ0v) is 6.69. The molecule has 1 radical (unpaired) electrons. The summed E-state index contributed by atoms with van der Waals surface area (Å²) in [5.74, 6) is 0. The van der Waals surface area contributed by atoms with Gasteiger partial charge in [-0.1, -0.05) is 0 Å². The topological polar surface area (TPSA) is 23.3 Å². The molecular weight excluding hydrogens is 216 g/mol. The Morgan fingerprint density at radius 3 is 1.50 bits per heavy atom. The van der Waals surface area contributed by atoms with E-state index in [1.54, 1.807) is 0 Å². The van der Waals surface area contributed by atoms with E-state index in [-0.39, 0.29) is 0 Å². The zero-order valence-electron chi connectivity index (χ0n) is 6.69. The van der Waals surface area contributed by atoms with Crippen LogP contribution in [0.15, 0.2) is 0 Å². The predicted molar refractivity (Wildman–Crippen MR) is 32.6 cm³/mol. The second-order valence-corrected chi connectivity index (χ2v) is 2.80. The third-order valence-corrected chi connectivity index (χ3v) is 1.67. The molecule has 2 nitrogen and oxygen atoms in total. The number of halogens is 6. The molecular formula is C6H6F6NO. The number of ether oxygens (including phenoxy) is 1. The van der Waals surface area contributed by atoms with Crippen molar-refractivity contribution in [3.63, 3.8) is 0 Å². The summed E-state index contributed by atoms with van der Waals surface area (Å²) < 4.78 is 76.0. The van der Waals surface area contributed by atoms with E-state index >= 15 is 0 Å². The minimum absolute atomic E-state index is 0.837. The SMILES string of the molecule is FC(F)(F)C1COCC(C(F)(F)F)[N]1. The number of rotatable bonds is 0. The lowest BCUT2D eigenvalue weighted by Crippen LogP contribution is -2.56. The second-order valence-electron chi connectivity index (χ2n) is 2.80. The minimum atomic E-state index is -4.77. The maximum atomic E-state index is 12.0. The molecule has 0 amide bonds. The van der Waals surface area contributed by atoms with Gasteiger partial charge in [-0.2, -0.15) is 26.3 Å². The lowest BCUT2D eigenvalue weighted by Gasteiger charge is -2.31. The van der Waals surface area contributed by atoms with Gasteiger partial charge in [-0.25, -0.2) is 5.32 Å². The maximum Gasteiger partial charge on any atom is 0.407 e. The third-order valence-electron chi connectivity index (χ3n) is 1.67. The van der Waals surface area contributed by atoms with Crippen molar-refractivity contribution in [3.05, 3.63) is 0 Å². The van der Waals surface area contributed by atoms with E-state index in [0.29, 0.717) is 0 Å². The monoisotopic (exact) mass is 222 g/mol. The van der Waals surface area contributed by atoms with Crippen molar-refractivity contribution in [2.75, 3.05) is 13.2 Å². The van der Waals surface area contributed by atoms with E-state index in [1.807, 2.05) is 0 Å². The predicted octanol–water partition coefficient (Wildman–Crippen LogP) is 1.48. The Morgan fingerprint density at radius 1 is 0.857 bits per heavy atom. The summed E-state index contributed by atoms with van der Waals surface area (Å²) in [7, 11) is 0. The molecule has 14 heavy (non-hydrogen) atoms. The van der Waals surface area contributed by atoms with Gasteiger partial charge in [0, 0.05) is 0 Å². The average molecular weight is 222 g/mol. The van der Waals surface area contributed by atoms with Gasteiger partial charge in [-0.15, -0.1) is 0 Å². The molecule has 1 aliphatic heterocycles. The van der Waals surface area contributed by atoms with Gasteiger partial charge in [0.15, 0.2) is 0 Å². The first kappa shape index (κ1) is 11.6. The molecule has 0 aromatic heterocycles. The van der Waals surface area contributed by atoms with E-state index in [4.69, 9.17) is 0 Å². The normalized spacial score (nSPS) is 30.4. The molecule has 0 aromatic carbocycles. The van der Waals surface area contributed by atoms with Gasteiger partial charge in [0.1, 0.15) is 12.1 Å². The standard InChI is InChI=1S/C6H6F6NO/c7-5(8,9)3-1-14-2-4(13-3)6(10,11)12/h3-4H,1-2H2. The van der Waals surface area contributed by atoms with E-state index in [0.717, 1.165) is 0 Å². The van der Waals surface area contributed by atoms with E-state index in [9.17, 15) is 26.3 Å². The van der Waals surface area contributed by atoms with Crippen LogP contribution >= 0.6 is 0 Å². The Kier molecular flexibility index (Phi) is 2.96. The fraction of sp³-hybridized carbons (Fsp3) is 1.00. The van der Waals surface area contributed by atoms with Crippen LogP contribution in [-0.2, 0) is 4.74 Å². The third kappa shape index (κ3) is 2.74. The summed E-state index contributed by atoms with van der Waals surface area (Å²) in [6.45, 7) is -1.67. The zero-order chi connectivity index (χ0) is 11.0. The Balaban J connectivity index is 2.61. The Morgan fingerprint density at radius 2 is 1.21 bits per heavy atom. The molecule has 1 rings (SSSR count). The van der Waals surface area contributed by atoms with E-state index in [2.05, 4.69) is 10.1 Å². The fourth-order valence-electron chi connectivity index (χ4n) is 0.953. The van der Waals surface area contributed by atoms with Crippen molar-refractivity contribution in [3.8, 4) is 0 Å². The highest BCUT2D eigenvalue weighted by Crippen LogP contribution is 2.29. The van der Waals surface area contributed by atoms with Crippen LogP contribution in [0.3, 0.4) is 0 Å². The lowest BCUT2D eigenvalue weighted by molar-refractivity contribution is -0.222. The summed E-state index contributed by atoms with van der Waals surface area (Å²) in [6, 6.07) is -4.74. The van der Waals surface area contributed by atoms with Crippen LogP contribution in [0, 0.1) is 0 Å². The van der Waals surface area contributed by atoms with Gasteiger partial charge in [-0.05, 0) is 0 Å². The van der Waals surface area contributed by atoms with Crippen molar-refractivity contribution in [2.24, 2.45) is 0 Å². The van der Waals surface area contributed by atoms with Crippen molar-refractivity contribution in [1.82, 2.24) is 5.32 Å². The smallest absolute Gasteiger partial charge is 0.377 e. The van der Waals surface area contributed by atoms with Gasteiger partial charge in [0.2, 0.25) is 0 Å². The van der Waals surface area contributed by atoms with E-state index in [1.165, 1.54) is 0 Å². The molecule has 2 atom stereocenters. The highest BCUT2D eigenvalue weighted by molar-refractivity contribution is 4.86. The van der Waals surface area contributed by atoms with Gasteiger partial charge < -0.3 is 4.74 Å². The molecule has 8 heteroatoms.